The van der Waals surface area contributed by atoms with E-state index in [1.54, 1.807) is 18.4 Å². The molecule has 0 aliphatic carbocycles. The molecule has 4 nitrogen and oxygen atoms in total. The van der Waals surface area contributed by atoms with Crippen LogP contribution < -0.4 is 10.6 Å². The Bertz CT molecular complexity index is 396. The van der Waals surface area contributed by atoms with E-state index in [1.165, 1.54) is 5.56 Å². The second kappa shape index (κ2) is 5.95. The van der Waals surface area contributed by atoms with Crippen molar-refractivity contribution in [3.63, 3.8) is 0 Å². The van der Waals surface area contributed by atoms with Crippen LogP contribution in [0.4, 0.5) is 0 Å². The Labute approximate surface area is 114 Å². The summed E-state index contributed by atoms with van der Waals surface area (Å²) in [5.41, 5.74) is 1.26. The van der Waals surface area contributed by atoms with Crippen LogP contribution in [0.15, 0.2) is 15.2 Å². The molecule has 2 N–H and O–H groups in total. The van der Waals surface area contributed by atoms with Crippen molar-refractivity contribution in [2.24, 2.45) is 0 Å². The molecular formula is C11H16BrN3OS. The minimum Gasteiger partial charge on any atom is -0.358 e. The van der Waals surface area contributed by atoms with Crippen LogP contribution in [0.2, 0.25) is 0 Å². The van der Waals surface area contributed by atoms with Crippen molar-refractivity contribution >= 4 is 33.2 Å². The molecule has 1 amide bonds. The molecule has 0 bridgehead atoms. The van der Waals surface area contributed by atoms with E-state index in [1.807, 2.05) is 0 Å². The lowest BCUT2D eigenvalue weighted by Gasteiger charge is -2.34. The predicted octanol–water partition coefficient (Wildman–Crippen LogP) is 1.03. The molecule has 94 valence electrons. The van der Waals surface area contributed by atoms with Crippen molar-refractivity contribution in [1.29, 1.82) is 0 Å². The van der Waals surface area contributed by atoms with Crippen LogP contribution in [-0.2, 0) is 11.3 Å². The van der Waals surface area contributed by atoms with E-state index in [4.69, 9.17) is 0 Å². The van der Waals surface area contributed by atoms with Crippen molar-refractivity contribution in [1.82, 2.24) is 15.5 Å². The fourth-order valence-electron chi connectivity index (χ4n) is 2.02. The SMILES string of the molecule is CNC(=O)C1CNCCN1Cc1csc(Br)c1. The van der Waals surface area contributed by atoms with E-state index >= 15 is 0 Å². The number of likely N-dealkylation sites (N-methyl/N-ethyl adjacent to an activating group) is 1. The van der Waals surface area contributed by atoms with Gasteiger partial charge in [0.05, 0.1) is 3.79 Å². The molecule has 2 rings (SSSR count). The van der Waals surface area contributed by atoms with Gasteiger partial charge in [-0.1, -0.05) is 0 Å². The second-order valence-corrected chi connectivity index (χ2v) is 6.35. The minimum atomic E-state index is -0.0626. The average molecular weight is 318 g/mol. The second-order valence-electron chi connectivity index (χ2n) is 4.06. The first kappa shape index (κ1) is 13.0. The van der Waals surface area contributed by atoms with Crippen molar-refractivity contribution in [3.8, 4) is 0 Å². The van der Waals surface area contributed by atoms with Crippen LogP contribution in [-0.4, -0.2) is 43.5 Å². The fraction of sp³-hybridized carbons (Fsp3) is 0.545. The third kappa shape index (κ3) is 3.28. The van der Waals surface area contributed by atoms with Crippen LogP contribution in [0.3, 0.4) is 0 Å². The summed E-state index contributed by atoms with van der Waals surface area (Å²) >= 11 is 5.15. The number of carbonyl (C=O) groups is 1. The Balaban J connectivity index is 2.03. The molecule has 6 heteroatoms. The minimum absolute atomic E-state index is 0.0626. The summed E-state index contributed by atoms with van der Waals surface area (Å²) in [5.74, 6) is 0.0893. The van der Waals surface area contributed by atoms with Crippen LogP contribution in [0.5, 0.6) is 0 Å². The maximum atomic E-state index is 11.8. The molecule has 1 aliphatic heterocycles. The van der Waals surface area contributed by atoms with Gasteiger partial charge in [0.15, 0.2) is 0 Å². The molecule has 1 aromatic heterocycles. The highest BCUT2D eigenvalue weighted by Gasteiger charge is 2.27. The van der Waals surface area contributed by atoms with Crippen molar-refractivity contribution in [2.75, 3.05) is 26.7 Å². The van der Waals surface area contributed by atoms with E-state index in [0.717, 1.165) is 30.0 Å². The molecule has 1 saturated heterocycles. The Morgan fingerprint density at radius 2 is 2.59 bits per heavy atom. The van der Waals surface area contributed by atoms with Crippen LogP contribution >= 0.6 is 27.3 Å². The zero-order valence-electron chi connectivity index (χ0n) is 9.70. The van der Waals surface area contributed by atoms with E-state index in [9.17, 15) is 4.79 Å². The normalized spacial score (nSPS) is 21.4. The van der Waals surface area contributed by atoms with Crippen molar-refractivity contribution in [2.45, 2.75) is 12.6 Å². The lowest BCUT2D eigenvalue weighted by molar-refractivity contribution is -0.126. The van der Waals surface area contributed by atoms with Crippen LogP contribution in [0.1, 0.15) is 5.56 Å². The molecule has 0 aromatic carbocycles. The Morgan fingerprint density at radius 1 is 1.76 bits per heavy atom. The molecule has 0 spiro atoms. The molecule has 1 unspecified atom stereocenters. The number of carbonyl (C=O) groups excluding carboxylic acids is 1. The standard InChI is InChI=1S/C11H16BrN3OS/c1-13-11(16)9-5-14-2-3-15(9)6-8-4-10(12)17-7-8/h4,7,9,14H,2-3,5-6H2,1H3,(H,13,16). The highest BCUT2D eigenvalue weighted by molar-refractivity contribution is 9.11. The van der Waals surface area contributed by atoms with E-state index in [-0.39, 0.29) is 11.9 Å². The van der Waals surface area contributed by atoms with Gasteiger partial charge in [0.1, 0.15) is 6.04 Å². The number of piperazine rings is 1. The van der Waals surface area contributed by atoms with Crippen LogP contribution in [0.25, 0.3) is 0 Å². The zero-order valence-corrected chi connectivity index (χ0v) is 12.1. The monoisotopic (exact) mass is 317 g/mol. The van der Waals surface area contributed by atoms with Gasteiger partial charge in [-0.15, -0.1) is 11.3 Å². The Hall–Kier alpha value is -0.430. The first-order valence-corrected chi connectivity index (χ1v) is 7.27. The quantitative estimate of drug-likeness (QED) is 0.875. The molecule has 2 heterocycles. The predicted molar refractivity (Wildman–Crippen MR) is 73.2 cm³/mol. The van der Waals surface area contributed by atoms with Gasteiger partial charge in [-0.3, -0.25) is 9.69 Å². The number of hydrogen-bond acceptors (Lipinski definition) is 4. The number of hydrogen-bond donors (Lipinski definition) is 2. The lowest BCUT2D eigenvalue weighted by atomic mass is 10.1. The average Bonchev–Trinajstić information content (AvgIpc) is 2.74. The first-order chi connectivity index (χ1) is 8.20. The Morgan fingerprint density at radius 3 is 3.24 bits per heavy atom. The zero-order chi connectivity index (χ0) is 12.3. The van der Waals surface area contributed by atoms with Crippen molar-refractivity contribution in [3.05, 3.63) is 20.8 Å². The van der Waals surface area contributed by atoms with Gasteiger partial charge in [-0.05, 0) is 32.9 Å². The number of rotatable bonds is 3. The third-order valence-electron chi connectivity index (χ3n) is 2.91. The maximum Gasteiger partial charge on any atom is 0.238 e. The highest BCUT2D eigenvalue weighted by Crippen LogP contribution is 2.22. The number of halogens is 1. The molecule has 1 aromatic rings. The van der Waals surface area contributed by atoms with E-state index in [2.05, 4.69) is 42.9 Å². The van der Waals surface area contributed by atoms with Gasteiger partial charge in [-0.25, -0.2) is 0 Å². The molecular weight excluding hydrogens is 302 g/mol. The van der Waals surface area contributed by atoms with Crippen molar-refractivity contribution < 1.29 is 4.79 Å². The fourth-order valence-corrected chi connectivity index (χ4v) is 3.22. The number of amides is 1. The summed E-state index contributed by atoms with van der Waals surface area (Å²) in [7, 11) is 1.69. The molecule has 17 heavy (non-hydrogen) atoms. The van der Waals surface area contributed by atoms with Gasteiger partial charge < -0.3 is 10.6 Å². The van der Waals surface area contributed by atoms with E-state index < -0.39 is 0 Å². The lowest BCUT2D eigenvalue weighted by Crippen LogP contribution is -2.56. The summed E-state index contributed by atoms with van der Waals surface area (Å²) in [4.78, 5) is 14.0. The third-order valence-corrected chi connectivity index (χ3v) is 4.46. The van der Waals surface area contributed by atoms with E-state index in [0.29, 0.717) is 0 Å². The maximum absolute atomic E-state index is 11.8. The molecule has 1 atom stereocenters. The van der Waals surface area contributed by atoms with Gasteiger partial charge in [0.2, 0.25) is 5.91 Å². The number of thiophene rings is 1. The van der Waals surface area contributed by atoms with Gasteiger partial charge in [0.25, 0.3) is 0 Å². The largest absolute Gasteiger partial charge is 0.358 e. The van der Waals surface area contributed by atoms with Gasteiger partial charge >= 0.3 is 0 Å². The summed E-state index contributed by atoms with van der Waals surface area (Å²) in [6, 6.07) is 2.06. The first-order valence-electron chi connectivity index (χ1n) is 5.60. The molecule has 0 saturated carbocycles. The highest BCUT2D eigenvalue weighted by atomic mass is 79.9. The molecule has 0 radical (unpaired) electrons. The smallest absolute Gasteiger partial charge is 0.238 e. The summed E-state index contributed by atoms with van der Waals surface area (Å²) in [6.45, 7) is 3.41. The van der Waals surface area contributed by atoms with Gasteiger partial charge in [0, 0.05) is 33.2 Å². The van der Waals surface area contributed by atoms with Gasteiger partial charge in [-0.2, -0.15) is 0 Å². The van der Waals surface area contributed by atoms with Crippen LogP contribution in [0, 0.1) is 0 Å². The summed E-state index contributed by atoms with van der Waals surface area (Å²) in [5, 5.41) is 8.12. The number of nitrogens with one attached hydrogen (secondary N) is 2. The topological polar surface area (TPSA) is 44.4 Å². The summed E-state index contributed by atoms with van der Waals surface area (Å²) in [6.07, 6.45) is 0. The molecule has 1 aliphatic rings. The molecule has 1 fully saturated rings. The Kier molecular flexibility index (Phi) is 4.55. The number of nitrogens with zero attached hydrogens (tertiary/aromatic N) is 1. The summed E-state index contributed by atoms with van der Waals surface area (Å²) < 4.78 is 1.14.